The average Bonchev–Trinajstić information content (AvgIpc) is 3.50. The van der Waals surface area contributed by atoms with E-state index < -0.39 is 21.8 Å². The first-order chi connectivity index (χ1) is 16.3. The van der Waals surface area contributed by atoms with Crippen molar-refractivity contribution in [1.82, 2.24) is 24.8 Å². The van der Waals surface area contributed by atoms with Crippen molar-refractivity contribution >= 4 is 27.0 Å². The van der Waals surface area contributed by atoms with Crippen LogP contribution in [0.25, 0.3) is 22.2 Å². The molecule has 1 aliphatic heterocycles. The fraction of sp³-hybridized carbons (Fsp3) is 0.318. The number of nitrogens with zero attached hydrogens (tertiary/aromatic N) is 4. The van der Waals surface area contributed by atoms with Crippen LogP contribution in [0.15, 0.2) is 53.2 Å². The van der Waals surface area contributed by atoms with Gasteiger partial charge in [-0.25, -0.2) is 23.0 Å². The predicted molar refractivity (Wildman–Crippen MR) is 124 cm³/mol. The Bertz CT molecular complexity index is 1350. The van der Waals surface area contributed by atoms with Crippen LogP contribution >= 0.6 is 0 Å². The number of nitrogens with two attached hydrogens (primary N) is 1. The van der Waals surface area contributed by atoms with Crippen molar-refractivity contribution in [3.63, 3.8) is 0 Å². The molecule has 0 unspecified atom stereocenters. The fourth-order valence-electron chi connectivity index (χ4n) is 3.92. The van der Waals surface area contributed by atoms with Crippen LogP contribution in [0.3, 0.4) is 0 Å². The summed E-state index contributed by atoms with van der Waals surface area (Å²) in [6.07, 6.45) is 2.88. The zero-order chi connectivity index (χ0) is 24.3. The van der Waals surface area contributed by atoms with E-state index in [1.165, 1.54) is 28.2 Å². The van der Waals surface area contributed by atoms with Gasteiger partial charge in [-0.1, -0.05) is 17.3 Å². The number of fused-ring (bicyclic) bond motifs is 1. The number of hydrogen-bond acceptors (Lipinski definition) is 7. The molecule has 1 aliphatic rings. The first kappa shape index (κ1) is 24.0. The Morgan fingerprint density at radius 1 is 1.26 bits per heavy atom. The maximum absolute atomic E-state index is 14.2. The summed E-state index contributed by atoms with van der Waals surface area (Å²) in [6.45, 7) is 0.786. The number of hydroxylamine groups is 1. The highest BCUT2D eigenvalue weighted by molar-refractivity contribution is 7.89. The number of carbonyl (C=O) groups is 1. The number of halogens is 1. The summed E-state index contributed by atoms with van der Waals surface area (Å²) in [7, 11) is -2.34. The molecular weight excluding hydrogens is 463 g/mol. The molecule has 2 aromatic carbocycles. The summed E-state index contributed by atoms with van der Waals surface area (Å²) in [6, 6.07) is 9.55. The molecule has 0 radical (unpaired) electrons. The Labute approximate surface area is 196 Å². The number of sulfonamides is 1. The third-order valence-corrected chi connectivity index (χ3v) is 7.46. The molecule has 1 saturated heterocycles. The highest BCUT2D eigenvalue weighted by Crippen LogP contribution is 2.32. The van der Waals surface area contributed by atoms with Crippen molar-refractivity contribution in [2.75, 3.05) is 26.7 Å². The van der Waals surface area contributed by atoms with E-state index in [0.717, 1.165) is 12.8 Å². The molecule has 0 aliphatic carbocycles. The zero-order valence-electron chi connectivity index (χ0n) is 18.6. The predicted octanol–water partition coefficient (Wildman–Crippen LogP) is 1.99. The van der Waals surface area contributed by atoms with Gasteiger partial charge in [-0.3, -0.25) is 9.63 Å². The molecule has 1 amide bonds. The molecule has 12 heteroatoms. The molecule has 1 fully saturated rings. The van der Waals surface area contributed by atoms with Crippen LogP contribution in [0.4, 0.5) is 4.39 Å². The van der Waals surface area contributed by atoms with Crippen molar-refractivity contribution < 1.29 is 22.4 Å². The molecule has 3 aromatic rings. The second kappa shape index (κ2) is 9.97. The average molecular weight is 489 g/mol. The Kier molecular flexibility index (Phi) is 7.03. The minimum absolute atomic E-state index is 0.0312. The molecule has 0 saturated carbocycles. The number of amides is 1. The largest absolute Gasteiger partial charge is 0.327 e. The first-order valence-corrected chi connectivity index (χ1v) is 12.1. The summed E-state index contributed by atoms with van der Waals surface area (Å²) in [5.41, 5.74) is 9.65. The molecule has 3 N–H and O–H groups in total. The number of benzene rings is 2. The molecule has 0 atom stereocenters. The van der Waals surface area contributed by atoms with Crippen molar-refractivity contribution in [3.05, 3.63) is 53.9 Å². The lowest BCUT2D eigenvalue weighted by Crippen LogP contribution is -2.27. The molecule has 34 heavy (non-hydrogen) atoms. The van der Waals surface area contributed by atoms with Gasteiger partial charge in [-0.15, -0.1) is 5.10 Å². The molecule has 1 aromatic heterocycles. The maximum atomic E-state index is 14.2. The Morgan fingerprint density at radius 2 is 2.03 bits per heavy atom. The Hall–Kier alpha value is -3.19. The molecule has 0 spiro atoms. The molecule has 4 rings (SSSR count). The van der Waals surface area contributed by atoms with E-state index in [1.54, 1.807) is 30.3 Å². The van der Waals surface area contributed by atoms with Crippen molar-refractivity contribution in [2.45, 2.75) is 24.3 Å². The summed E-state index contributed by atoms with van der Waals surface area (Å²) in [5, 5.41) is 8.23. The number of nitrogens with one attached hydrogen (secondary N) is 1. The fourth-order valence-corrected chi connectivity index (χ4v) is 5.49. The summed E-state index contributed by atoms with van der Waals surface area (Å²) < 4.78 is 43.1. The van der Waals surface area contributed by atoms with Gasteiger partial charge in [0.05, 0.1) is 24.1 Å². The van der Waals surface area contributed by atoms with E-state index in [9.17, 15) is 17.6 Å². The molecule has 180 valence electrons. The summed E-state index contributed by atoms with van der Waals surface area (Å²) in [5.74, 6) is -1.03. The SMILES string of the molecule is CONC(=O)c1cc(-c2cccc(S(=O)(=O)N3CCCC3)c2)c2nnn(C/C(F)=C/CN)c2c1. The van der Waals surface area contributed by atoms with Gasteiger partial charge >= 0.3 is 0 Å². The maximum Gasteiger partial charge on any atom is 0.274 e. The second-order valence-corrected chi connectivity index (χ2v) is 9.74. The highest BCUT2D eigenvalue weighted by atomic mass is 32.2. The van der Waals surface area contributed by atoms with Crippen molar-refractivity contribution in [1.29, 1.82) is 0 Å². The minimum atomic E-state index is -3.65. The normalized spacial score (nSPS) is 15.2. The third-order valence-electron chi connectivity index (χ3n) is 5.57. The minimum Gasteiger partial charge on any atom is -0.327 e. The number of rotatable bonds is 8. The van der Waals surface area contributed by atoms with Crippen molar-refractivity contribution in [2.24, 2.45) is 5.73 Å². The quantitative estimate of drug-likeness (QED) is 0.463. The van der Waals surface area contributed by atoms with E-state index in [-0.39, 0.29) is 23.5 Å². The highest BCUT2D eigenvalue weighted by Gasteiger charge is 2.27. The molecule has 0 bridgehead atoms. The number of aromatic nitrogens is 3. The molecule has 10 nitrogen and oxygen atoms in total. The third kappa shape index (κ3) is 4.71. The van der Waals surface area contributed by atoms with E-state index in [2.05, 4.69) is 15.8 Å². The van der Waals surface area contributed by atoms with Gasteiger partial charge in [0.15, 0.2) is 0 Å². The topological polar surface area (TPSA) is 132 Å². The molecular formula is C22H25FN6O4S. The number of carbonyl (C=O) groups excluding carboxylic acids is 1. The summed E-state index contributed by atoms with van der Waals surface area (Å²) in [4.78, 5) is 17.4. The van der Waals surface area contributed by atoms with Crippen LogP contribution in [0, 0.1) is 0 Å². The van der Waals surface area contributed by atoms with Crippen LogP contribution in [-0.4, -0.2) is 60.4 Å². The van der Waals surface area contributed by atoms with Crippen LogP contribution in [0.2, 0.25) is 0 Å². The van der Waals surface area contributed by atoms with Gasteiger partial charge in [0, 0.05) is 30.8 Å². The molecule has 2 heterocycles. The monoisotopic (exact) mass is 488 g/mol. The second-order valence-electron chi connectivity index (χ2n) is 7.80. The lowest BCUT2D eigenvalue weighted by Gasteiger charge is -2.16. The lowest BCUT2D eigenvalue weighted by molar-refractivity contribution is 0.0538. The van der Waals surface area contributed by atoms with Crippen LogP contribution in [0.1, 0.15) is 23.2 Å². The first-order valence-electron chi connectivity index (χ1n) is 10.7. The van der Waals surface area contributed by atoms with Gasteiger partial charge < -0.3 is 5.73 Å². The van der Waals surface area contributed by atoms with Crippen LogP contribution in [-0.2, 0) is 21.4 Å². The van der Waals surface area contributed by atoms with Gasteiger partial charge in [0.25, 0.3) is 5.91 Å². The van der Waals surface area contributed by atoms with Gasteiger partial charge in [-0.05, 0) is 48.7 Å². The standard InChI is InChI=1S/C22H25FN6O4S/c1-33-26-22(30)16-12-19(21-20(13-16)29(27-25-21)14-17(23)7-8-24)15-5-4-6-18(11-15)34(31,32)28-9-2-3-10-28/h4-7,11-13H,2-3,8-10,14,24H2,1H3,(H,26,30)/b17-7-. The smallest absolute Gasteiger partial charge is 0.274 e. The van der Waals surface area contributed by atoms with Crippen LogP contribution in [0.5, 0.6) is 0 Å². The van der Waals surface area contributed by atoms with E-state index in [0.29, 0.717) is 35.2 Å². The Morgan fingerprint density at radius 3 is 2.74 bits per heavy atom. The van der Waals surface area contributed by atoms with E-state index in [1.807, 2.05) is 0 Å². The summed E-state index contributed by atoms with van der Waals surface area (Å²) >= 11 is 0. The zero-order valence-corrected chi connectivity index (χ0v) is 19.4. The van der Waals surface area contributed by atoms with Gasteiger partial charge in [-0.2, -0.15) is 4.31 Å². The van der Waals surface area contributed by atoms with E-state index >= 15 is 0 Å². The van der Waals surface area contributed by atoms with Gasteiger partial charge in [0.2, 0.25) is 10.0 Å². The van der Waals surface area contributed by atoms with Crippen molar-refractivity contribution in [3.8, 4) is 11.1 Å². The number of hydrogen-bond donors (Lipinski definition) is 2. The lowest BCUT2D eigenvalue weighted by atomic mass is 10.0. The van der Waals surface area contributed by atoms with Gasteiger partial charge in [0.1, 0.15) is 11.3 Å². The van der Waals surface area contributed by atoms with E-state index in [4.69, 9.17) is 10.6 Å². The Balaban J connectivity index is 1.85. The van der Waals surface area contributed by atoms with Crippen LogP contribution < -0.4 is 11.2 Å². The number of allylic oxidation sites excluding steroid dienone is 1.